The van der Waals surface area contributed by atoms with Gasteiger partial charge in [0.1, 0.15) is 0 Å². The molecule has 14 heavy (non-hydrogen) atoms. The molecule has 0 aliphatic heterocycles. The number of hydrogen-bond acceptors (Lipinski definition) is 3. The normalized spacial score (nSPS) is 20.2. The Bertz CT molecular complexity index is 206. The number of rotatable bonds is 6. The lowest BCUT2D eigenvalue weighted by atomic mass is 9.96. The average molecular weight is 216 g/mol. The first kappa shape index (κ1) is 11.9. The van der Waals surface area contributed by atoms with Crippen LogP contribution in [0, 0.1) is 5.92 Å². The summed E-state index contributed by atoms with van der Waals surface area (Å²) in [4.78, 5) is 11.5. The van der Waals surface area contributed by atoms with Gasteiger partial charge in [-0.2, -0.15) is 11.8 Å². The standard InChI is InChI=1S/C10H20N2OS/c1-10(7-11,8-3-4-8)12-9(13)5-6-14-2/h8H,3-7,11H2,1-2H3,(H,12,13). The molecule has 0 aromatic heterocycles. The Kier molecular flexibility index (Phi) is 4.26. The largest absolute Gasteiger partial charge is 0.349 e. The number of nitrogens with one attached hydrogen (secondary N) is 1. The molecule has 1 saturated carbocycles. The van der Waals surface area contributed by atoms with E-state index in [-0.39, 0.29) is 11.4 Å². The van der Waals surface area contributed by atoms with Crippen LogP contribution in [0.2, 0.25) is 0 Å². The van der Waals surface area contributed by atoms with Gasteiger partial charge in [-0.15, -0.1) is 0 Å². The second kappa shape index (κ2) is 5.03. The highest BCUT2D eigenvalue weighted by molar-refractivity contribution is 7.98. The minimum atomic E-state index is -0.157. The number of thioether (sulfide) groups is 1. The van der Waals surface area contributed by atoms with Crippen molar-refractivity contribution < 1.29 is 4.79 Å². The Hall–Kier alpha value is -0.220. The quantitative estimate of drug-likeness (QED) is 0.696. The number of amides is 1. The maximum atomic E-state index is 11.5. The summed E-state index contributed by atoms with van der Waals surface area (Å²) in [5.41, 5.74) is 5.55. The van der Waals surface area contributed by atoms with Gasteiger partial charge in [-0.25, -0.2) is 0 Å². The zero-order valence-corrected chi connectivity index (χ0v) is 9.82. The van der Waals surface area contributed by atoms with Crippen LogP contribution in [-0.2, 0) is 4.79 Å². The van der Waals surface area contributed by atoms with Crippen LogP contribution in [0.15, 0.2) is 0 Å². The fourth-order valence-electron chi connectivity index (χ4n) is 1.62. The molecule has 0 spiro atoms. The summed E-state index contributed by atoms with van der Waals surface area (Å²) in [6, 6.07) is 0. The third-order valence-corrected chi connectivity index (χ3v) is 3.47. The molecule has 0 aromatic rings. The third-order valence-electron chi connectivity index (χ3n) is 2.86. The molecule has 1 aliphatic rings. The Morgan fingerprint density at radius 2 is 2.29 bits per heavy atom. The van der Waals surface area contributed by atoms with Gasteiger partial charge in [-0.1, -0.05) is 0 Å². The first-order valence-electron chi connectivity index (χ1n) is 5.12. The van der Waals surface area contributed by atoms with Gasteiger partial charge < -0.3 is 11.1 Å². The van der Waals surface area contributed by atoms with Gasteiger partial charge in [-0.05, 0) is 31.9 Å². The highest BCUT2D eigenvalue weighted by atomic mass is 32.2. The van der Waals surface area contributed by atoms with Crippen LogP contribution < -0.4 is 11.1 Å². The molecule has 1 fully saturated rings. The average Bonchev–Trinajstić information content (AvgIpc) is 2.97. The topological polar surface area (TPSA) is 55.1 Å². The SMILES string of the molecule is CSCCC(=O)NC(C)(CN)C1CC1. The molecule has 1 aliphatic carbocycles. The summed E-state index contributed by atoms with van der Waals surface area (Å²) in [5.74, 6) is 1.63. The van der Waals surface area contributed by atoms with Gasteiger partial charge in [0.2, 0.25) is 5.91 Å². The van der Waals surface area contributed by atoms with E-state index in [1.54, 1.807) is 11.8 Å². The number of hydrogen-bond donors (Lipinski definition) is 2. The molecular formula is C10H20N2OS. The van der Waals surface area contributed by atoms with E-state index in [9.17, 15) is 4.79 Å². The van der Waals surface area contributed by atoms with E-state index >= 15 is 0 Å². The summed E-state index contributed by atoms with van der Waals surface area (Å²) in [5, 5.41) is 3.06. The van der Waals surface area contributed by atoms with Crippen molar-refractivity contribution >= 4 is 17.7 Å². The van der Waals surface area contributed by atoms with E-state index in [1.807, 2.05) is 6.26 Å². The molecule has 3 nitrogen and oxygen atoms in total. The van der Waals surface area contributed by atoms with Crippen LogP contribution in [0.4, 0.5) is 0 Å². The molecular weight excluding hydrogens is 196 g/mol. The fraction of sp³-hybridized carbons (Fsp3) is 0.900. The van der Waals surface area contributed by atoms with Gasteiger partial charge >= 0.3 is 0 Å². The second-order valence-electron chi connectivity index (χ2n) is 4.19. The molecule has 0 saturated heterocycles. The molecule has 1 rings (SSSR count). The minimum absolute atomic E-state index is 0.138. The molecule has 1 atom stereocenters. The first-order valence-corrected chi connectivity index (χ1v) is 6.52. The van der Waals surface area contributed by atoms with Gasteiger partial charge in [0.15, 0.2) is 0 Å². The van der Waals surface area contributed by atoms with Crippen LogP contribution in [0.3, 0.4) is 0 Å². The summed E-state index contributed by atoms with van der Waals surface area (Å²) < 4.78 is 0. The number of carbonyl (C=O) groups is 1. The van der Waals surface area contributed by atoms with Crippen molar-refractivity contribution in [3.63, 3.8) is 0 Å². The lowest BCUT2D eigenvalue weighted by Crippen LogP contribution is -2.53. The Morgan fingerprint density at radius 3 is 2.71 bits per heavy atom. The van der Waals surface area contributed by atoms with E-state index in [1.165, 1.54) is 12.8 Å². The second-order valence-corrected chi connectivity index (χ2v) is 5.17. The zero-order chi connectivity index (χ0) is 10.6. The lowest BCUT2D eigenvalue weighted by molar-refractivity contribution is -0.122. The molecule has 3 N–H and O–H groups in total. The predicted molar refractivity (Wildman–Crippen MR) is 61.3 cm³/mol. The van der Waals surface area contributed by atoms with Gasteiger partial charge in [0, 0.05) is 18.7 Å². The number of carbonyl (C=O) groups excluding carboxylic acids is 1. The molecule has 4 heteroatoms. The molecule has 0 radical (unpaired) electrons. The molecule has 0 heterocycles. The van der Waals surface area contributed by atoms with Crippen LogP contribution >= 0.6 is 11.8 Å². The monoisotopic (exact) mass is 216 g/mol. The summed E-state index contributed by atoms with van der Waals surface area (Å²) in [7, 11) is 0. The van der Waals surface area contributed by atoms with Crippen molar-refractivity contribution in [2.75, 3.05) is 18.6 Å². The van der Waals surface area contributed by atoms with Crippen LogP contribution in [-0.4, -0.2) is 30.0 Å². The highest BCUT2D eigenvalue weighted by Crippen LogP contribution is 2.38. The van der Waals surface area contributed by atoms with Crippen molar-refractivity contribution in [3.8, 4) is 0 Å². The maximum absolute atomic E-state index is 11.5. The van der Waals surface area contributed by atoms with E-state index in [4.69, 9.17) is 5.73 Å². The van der Waals surface area contributed by atoms with E-state index < -0.39 is 0 Å². The van der Waals surface area contributed by atoms with Crippen molar-refractivity contribution in [2.45, 2.75) is 31.7 Å². The minimum Gasteiger partial charge on any atom is -0.349 e. The Labute approximate surface area is 90.2 Å². The highest BCUT2D eigenvalue weighted by Gasteiger charge is 2.41. The third kappa shape index (κ3) is 3.17. The van der Waals surface area contributed by atoms with Crippen molar-refractivity contribution in [2.24, 2.45) is 11.7 Å². The molecule has 0 bridgehead atoms. The molecule has 82 valence electrons. The van der Waals surface area contributed by atoms with E-state index in [2.05, 4.69) is 12.2 Å². The smallest absolute Gasteiger partial charge is 0.221 e. The first-order chi connectivity index (χ1) is 6.62. The molecule has 0 aromatic carbocycles. The maximum Gasteiger partial charge on any atom is 0.221 e. The summed E-state index contributed by atoms with van der Waals surface area (Å²) >= 11 is 1.70. The molecule has 1 unspecified atom stereocenters. The fourth-order valence-corrected chi connectivity index (χ4v) is 2.01. The van der Waals surface area contributed by atoms with Gasteiger partial charge in [0.25, 0.3) is 0 Å². The summed E-state index contributed by atoms with van der Waals surface area (Å²) in [6.45, 7) is 2.60. The van der Waals surface area contributed by atoms with Crippen LogP contribution in [0.1, 0.15) is 26.2 Å². The summed E-state index contributed by atoms with van der Waals surface area (Å²) in [6.07, 6.45) is 5.02. The number of nitrogens with two attached hydrogens (primary N) is 1. The van der Waals surface area contributed by atoms with E-state index in [0.717, 1.165) is 5.75 Å². The van der Waals surface area contributed by atoms with Crippen LogP contribution in [0.5, 0.6) is 0 Å². The van der Waals surface area contributed by atoms with Crippen LogP contribution in [0.25, 0.3) is 0 Å². The lowest BCUT2D eigenvalue weighted by Gasteiger charge is -2.29. The van der Waals surface area contributed by atoms with Crippen molar-refractivity contribution in [3.05, 3.63) is 0 Å². The Morgan fingerprint density at radius 1 is 1.64 bits per heavy atom. The Balaban J connectivity index is 2.35. The van der Waals surface area contributed by atoms with Gasteiger partial charge in [0.05, 0.1) is 5.54 Å². The van der Waals surface area contributed by atoms with Gasteiger partial charge in [-0.3, -0.25) is 4.79 Å². The zero-order valence-electron chi connectivity index (χ0n) is 9.01. The van der Waals surface area contributed by atoms with Crippen molar-refractivity contribution in [1.82, 2.24) is 5.32 Å². The predicted octanol–water partition coefficient (Wildman–Crippen LogP) is 0.983. The van der Waals surface area contributed by atoms with E-state index in [0.29, 0.717) is 18.9 Å². The molecule has 1 amide bonds. The van der Waals surface area contributed by atoms with Crippen molar-refractivity contribution in [1.29, 1.82) is 0 Å².